The molecule has 1 aliphatic heterocycles. The first kappa shape index (κ1) is 12.6. The molecule has 1 aromatic rings. The molecule has 0 aromatic heterocycles. The third-order valence-electron chi connectivity index (χ3n) is 4.15. The monoisotopic (exact) mass is 274 g/mol. The van der Waals surface area contributed by atoms with Crippen LogP contribution in [-0.4, -0.2) is 22.0 Å². The Morgan fingerprint density at radius 2 is 1.95 bits per heavy atom. The van der Waals surface area contributed by atoms with Gasteiger partial charge in [0.1, 0.15) is 0 Å². The lowest BCUT2D eigenvalue weighted by molar-refractivity contribution is 0.127. The van der Waals surface area contributed by atoms with Gasteiger partial charge < -0.3 is 10.2 Å². The van der Waals surface area contributed by atoms with Crippen LogP contribution in [0.5, 0.6) is 0 Å². The summed E-state index contributed by atoms with van der Waals surface area (Å²) in [6, 6.07) is 10.4. The van der Waals surface area contributed by atoms with Crippen molar-refractivity contribution in [1.29, 1.82) is 0 Å². The van der Waals surface area contributed by atoms with Gasteiger partial charge in [-0.3, -0.25) is 0 Å². The van der Waals surface area contributed by atoms with Gasteiger partial charge in [-0.1, -0.05) is 55.4 Å². The summed E-state index contributed by atoms with van der Waals surface area (Å²) in [4.78, 5) is 14.9. The van der Waals surface area contributed by atoms with Crippen molar-refractivity contribution in [2.24, 2.45) is 5.92 Å². The number of fused-ring (bicyclic) bond motifs is 1. The van der Waals surface area contributed by atoms with E-state index in [1.807, 2.05) is 23.1 Å². The van der Waals surface area contributed by atoms with Gasteiger partial charge in [-0.15, -0.1) is 0 Å². The molecule has 0 spiro atoms. The van der Waals surface area contributed by atoms with Crippen LogP contribution < -0.4 is 5.32 Å². The van der Waals surface area contributed by atoms with E-state index in [4.69, 9.17) is 12.2 Å². The summed E-state index contributed by atoms with van der Waals surface area (Å²) in [7, 11) is 0. The van der Waals surface area contributed by atoms with E-state index in [0.717, 1.165) is 17.8 Å². The molecule has 100 valence electrons. The van der Waals surface area contributed by atoms with E-state index in [0.29, 0.717) is 12.5 Å². The molecule has 4 heteroatoms. The van der Waals surface area contributed by atoms with Crippen LogP contribution in [0.2, 0.25) is 0 Å². The summed E-state index contributed by atoms with van der Waals surface area (Å²) in [5.74, 6) is 0.352. The van der Waals surface area contributed by atoms with Gasteiger partial charge >= 0.3 is 6.03 Å². The zero-order valence-electron chi connectivity index (χ0n) is 10.8. The lowest BCUT2D eigenvalue weighted by atomic mass is 9.82. The van der Waals surface area contributed by atoms with Crippen LogP contribution in [0.3, 0.4) is 0 Å². The molecule has 1 aromatic carbocycles. The minimum Gasteiger partial charge on any atom is -0.317 e. The second-order valence-corrected chi connectivity index (χ2v) is 5.81. The molecule has 3 nitrogen and oxygen atoms in total. The first-order chi connectivity index (χ1) is 9.25. The zero-order chi connectivity index (χ0) is 13.2. The Kier molecular flexibility index (Phi) is 3.51. The number of rotatable bonds is 2. The topological polar surface area (TPSA) is 32.3 Å². The van der Waals surface area contributed by atoms with Crippen molar-refractivity contribution < 1.29 is 4.79 Å². The van der Waals surface area contributed by atoms with Crippen LogP contribution in [0, 0.1) is 5.92 Å². The Morgan fingerprint density at radius 1 is 1.21 bits per heavy atom. The van der Waals surface area contributed by atoms with Crippen molar-refractivity contribution in [3.8, 4) is 0 Å². The van der Waals surface area contributed by atoms with Gasteiger partial charge in [0.2, 0.25) is 0 Å². The lowest BCUT2D eigenvalue weighted by Crippen LogP contribution is -2.59. The fourth-order valence-corrected chi connectivity index (χ4v) is 3.54. The van der Waals surface area contributed by atoms with Crippen LogP contribution in [0.1, 0.15) is 31.2 Å². The largest absolute Gasteiger partial charge is 0.322 e. The number of nitrogens with zero attached hydrogens (tertiary/aromatic N) is 1. The second kappa shape index (κ2) is 5.29. The molecule has 2 amide bonds. The molecule has 1 heterocycles. The number of hydrogen-bond acceptors (Lipinski definition) is 2. The van der Waals surface area contributed by atoms with Crippen LogP contribution in [0.25, 0.3) is 0 Å². The van der Waals surface area contributed by atoms with Gasteiger partial charge in [-0.25, -0.2) is 4.79 Å². The maximum absolute atomic E-state index is 12.2. The molecule has 1 saturated heterocycles. The van der Waals surface area contributed by atoms with Gasteiger partial charge in [-0.2, -0.15) is 0 Å². The minimum atomic E-state index is -0.0306. The molecular weight excluding hydrogens is 256 g/mol. The standard InChI is InChI=1S/C15H18N2OS/c18-15-16-14(19)12-8-4-5-9-13(12)17(15)10-11-6-2-1-3-7-11/h1-3,6-7,12-13H,4-5,8-10H2,(H,16,18,19). The Morgan fingerprint density at radius 3 is 2.74 bits per heavy atom. The van der Waals surface area contributed by atoms with E-state index in [1.165, 1.54) is 18.4 Å². The van der Waals surface area contributed by atoms with Gasteiger partial charge in [-0.05, 0) is 18.4 Å². The van der Waals surface area contributed by atoms with E-state index in [9.17, 15) is 4.79 Å². The highest BCUT2D eigenvalue weighted by molar-refractivity contribution is 7.80. The summed E-state index contributed by atoms with van der Waals surface area (Å²) >= 11 is 5.34. The predicted octanol–water partition coefficient (Wildman–Crippen LogP) is 3.10. The van der Waals surface area contributed by atoms with Gasteiger partial charge in [0.25, 0.3) is 0 Å². The van der Waals surface area contributed by atoms with Crippen molar-refractivity contribution in [3.63, 3.8) is 0 Å². The van der Waals surface area contributed by atoms with Crippen LogP contribution >= 0.6 is 12.2 Å². The van der Waals surface area contributed by atoms with Gasteiger partial charge in [0.05, 0.1) is 4.99 Å². The first-order valence-electron chi connectivity index (χ1n) is 6.91. The SMILES string of the molecule is O=C1NC(=S)C2CCCCC2N1Cc1ccccc1. The number of urea groups is 1. The zero-order valence-corrected chi connectivity index (χ0v) is 11.7. The van der Waals surface area contributed by atoms with E-state index < -0.39 is 0 Å². The number of carbonyl (C=O) groups excluding carboxylic acids is 1. The van der Waals surface area contributed by atoms with E-state index in [-0.39, 0.29) is 12.1 Å². The molecule has 3 rings (SSSR count). The van der Waals surface area contributed by atoms with Crippen LogP contribution in [-0.2, 0) is 6.54 Å². The average Bonchev–Trinajstić information content (AvgIpc) is 2.45. The van der Waals surface area contributed by atoms with Crippen molar-refractivity contribution in [3.05, 3.63) is 35.9 Å². The van der Waals surface area contributed by atoms with Crippen molar-refractivity contribution >= 4 is 23.2 Å². The van der Waals surface area contributed by atoms with Crippen molar-refractivity contribution in [2.45, 2.75) is 38.3 Å². The minimum absolute atomic E-state index is 0.0306. The molecule has 2 fully saturated rings. The van der Waals surface area contributed by atoms with Gasteiger partial charge in [0, 0.05) is 18.5 Å². The molecule has 2 aliphatic rings. The Balaban J connectivity index is 1.82. The Labute approximate surface area is 119 Å². The highest BCUT2D eigenvalue weighted by Crippen LogP contribution is 2.32. The number of amides is 2. The summed E-state index contributed by atoms with van der Waals surface area (Å²) in [6.07, 6.45) is 4.60. The fourth-order valence-electron chi connectivity index (χ4n) is 3.18. The molecular formula is C15H18N2OS. The first-order valence-corrected chi connectivity index (χ1v) is 7.32. The number of thiocarbonyl (C=S) groups is 1. The summed E-state index contributed by atoms with van der Waals surface area (Å²) in [5.41, 5.74) is 1.18. The van der Waals surface area contributed by atoms with Crippen molar-refractivity contribution in [2.75, 3.05) is 0 Å². The van der Waals surface area contributed by atoms with Gasteiger partial charge in [0.15, 0.2) is 0 Å². The molecule has 2 unspecified atom stereocenters. The third kappa shape index (κ3) is 2.50. The molecule has 19 heavy (non-hydrogen) atoms. The predicted molar refractivity (Wildman–Crippen MR) is 78.9 cm³/mol. The number of nitrogens with one attached hydrogen (secondary N) is 1. The number of benzene rings is 1. The molecule has 0 radical (unpaired) electrons. The average molecular weight is 274 g/mol. The number of hydrogen-bond donors (Lipinski definition) is 1. The van der Waals surface area contributed by atoms with Crippen LogP contribution in [0.4, 0.5) is 4.79 Å². The molecule has 1 saturated carbocycles. The van der Waals surface area contributed by atoms with E-state index >= 15 is 0 Å². The molecule has 1 aliphatic carbocycles. The van der Waals surface area contributed by atoms with E-state index in [2.05, 4.69) is 17.4 Å². The lowest BCUT2D eigenvalue weighted by Gasteiger charge is -2.44. The normalized spacial score (nSPS) is 26.8. The maximum atomic E-state index is 12.2. The highest BCUT2D eigenvalue weighted by atomic mass is 32.1. The number of carbonyl (C=O) groups is 1. The maximum Gasteiger partial charge on any atom is 0.322 e. The smallest absolute Gasteiger partial charge is 0.317 e. The Hall–Kier alpha value is -1.42. The highest BCUT2D eigenvalue weighted by Gasteiger charge is 2.39. The Bertz CT molecular complexity index is 488. The third-order valence-corrected chi connectivity index (χ3v) is 4.56. The molecule has 2 atom stereocenters. The fraction of sp³-hybridized carbons (Fsp3) is 0.467. The molecule has 0 bridgehead atoms. The summed E-state index contributed by atoms with van der Waals surface area (Å²) in [6.45, 7) is 0.677. The second-order valence-electron chi connectivity index (χ2n) is 5.37. The quantitative estimate of drug-likeness (QED) is 0.841. The summed E-state index contributed by atoms with van der Waals surface area (Å²) in [5, 5.41) is 2.87. The van der Waals surface area contributed by atoms with Crippen LogP contribution in [0.15, 0.2) is 30.3 Å². The molecule has 1 N–H and O–H groups in total. The van der Waals surface area contributed by atoms with E-state index in [1.54, 1.807) is 0 Å². The summed E-state index contributed by atoms with van der Waals surface area (Å²) < 4.78 is 0. The van der Waals surface area contributed by atoms with Crippen molar-refractivity contribution in [1.82, 2.24) is 10.2 Å².